The van der Waals surface area contributed by atoms with Crippen molar-refractivity contribution in [3.63, 3.8) is 0 Å². The van der Waals surface area contributed by atoms with E-state index in [1.54, 1.807) is 11.1 Å². The highest BCUT2D eigenvalue weighted by atomic mass is 32.2. The predicted molar refractivity (Wildman–Crippen MR) is 226 cm³/mol. The van der Waals surface area contributed by atoms with Gasteiger partial charge in [0, 0.05) is 26.3 Å². The fourth-order valence-electron chi connectivity index (χ4n) is 13.8. The molecule has 5 aliphatic carbocycles. The van der Waals surface area contributed by atoms with Crippen molar-refractivity contribution in [1.82, 2.24) is 0 Å². The average Bonchev–Trinajstić information content (AvgIpc) is 3.72. The molecular formula is C52H49NS. The zero-order valence-electron chi connectivity index (χ0n) is 32.0. The van der Waals surface area contributed by atoms with Crippen LogP contribution >= 0.6 is 11.8 Å². The summed E-state index contributed by atoms with van der Waals surface area (Å²) in [7, 11) is 0. The lowest BCUT2D eigenvalue weighted by Gasteiger charge is -2.78. The van der Waals surface area contributed by atoms with Gasteiger partial charge in [-0.15, -0.1) is 0 Å². The molecule has 1 nitrogen and oxygen atoms in total. The first-order chi connectivity index (χ1) is 26.2. The first kappa shape index (κ1) is 32.0. The van der Waals surface area contributed by atoms with E-state index >= 15 is 0 Å². The van der Waals surface area contributed by atoms with Crippen molar-refractivity contribution in [3.05, 3.63) is 150 Å². The Balaban J connectivity index is 0.998. The number of hydrogen-bond acceptors (Lipinski definition) is 2. The highest BCUT2D eigenvalue weighted by Gasteiger charge is 2.84. The van der Waals surface area contributed by atoms with Crippen LogP contribution in [0, 0.1) is 29.1 Å². The molecule has 1 aliphatic heterocycles. The van der Waals surface area contributed by atoms with E-state index < -0.39 is 0 Å². The third-order valence-corrected chi connectivity index (χ3v) is 17.2. The molecule has 0 saturated heterocycles. The fraction of sp³-hybridized carbons (Fsp3) is 0.346. The Labute approximate surface area is 325 Å². The van der Waals surface area contributed by atoms with Crippen molar-refractivity contribution in [2.24, 2.45) is 29.1 Å². The molecule has 0 N–H and O–H groups in total. The van der Waals surface area contributed by atoms with E-state index in [2.05, 4.69) is 160 Å². The molecule has 268 valence electrons. The second-order valence-electron chi connectivity index (χ2n) is 19.2. The molecule has 4 saturated carbocycles. The maximum absolute atomic E-state index is 2.64. The van der Waals surface area contributed by atoms with Crippen molar-refractivity contribution in [2.45, 2.75) is 92.3 Å². The predicted octanol–water partition coefficient (Wildman–Crippen LogP) is 14.1. The van der Waals surface area contributed by atoms with Gasteiger partial charge in [-0.25, -0.2) is 0 Å². The second kappa shape index (κ2) is 10.7. The maximum atomic E-state index is 2.64. The van der Waals surface area contributed by atoms with Gasteiger partial charge in [0.05, 0.1) is 11.4 Å². The lowest BCUT2D eigenvalue weighted by atomic mass is 9.26. The number of hydrogen-bond donors (Lipinski definition) is 0. The molecule has 4 fully saturated rings. The summed E-state index contributed by atoms with van der Waals surface area (Å²) >= 11 is 2.02. The smallest absolute Gasteiger partial charge is 0.0540 e. The minimum atomic E-state index is 0.0688. The lowest BCUT2D eigenvalue weighted by Crippen LogP contribution is -2.74. The zero-order valence-corrected chi connectivity index (χ0v) is 32.8. The average molecular weight is 720 g/mol. The Hall–Kier alpha value is -4.27. The summed E-state index contributed by atoms with van der Waals surface area (Å²) in [5.74, 6) is 3.58. The van der Waals surface area contributed by atoms with Gasteiger partial charge in [-0.2, -0.15) is 0 Å². The molecule has 6 aliphatic rings. The van der Waals surface area contributed by atoms with E-state index in [1.807, 2.05) is 11.8 Å². The number of rotatable bonds is 4. The monoisotopic (exact) mass is 719 g/mol. The molecule has 1 heterocycles. The van der Waals surface area contributed by atoms with Gasteiger partial charge in [-0.3, -0.25) is 0 Å². The minimum absolute atomic E-state index is 0.0688. The quantitative estimate of drug-likeness (QED) is 0.178. The summed E-state index contributed by atoms with van der Waals surface area (Å²) in [6.07, 6.45) is 8.27. The molecule has 6 aromatic rings. The number of fused-ring (bicyclic) bond motifs is 9. The summed E-state index contributed by atoms with van der Waals surface area (Å²) < 4.78 is 0. The van der Waals surface area contributed by atoms with Gasteiger partial charge in [0.25, 0.3) is 0 Å². The molecule has 2 heteroatoms. The van der Waals surface area contributed by atoms with E-state index in [1.165, 1.54) is 98.4 Å². The van der Waals surface area contributed by atoms with Crippen LogP contribution in [0.3, 0.4) is 0 Å². The molecule has 0 aromatic heterocycles. The van der Waals surface area contributed by atoms with Crippen molar-refractivity contribution in [1.29, 1.82) is 0 Å². The number of nitrogens with zero attached hydrogens (tertiary/aromatic N) is 1. The normalized spacial score (nSPS) is 29.8. The van der Waals surface area contributed by atoms with Gasteiger partial charge < -0.3 is 4.90 Å². The molecule has 6 atom stereocenters. The Bertz CT molecular complexity index is 2540. The van der Waals surface area contributed by atoms with Gasteiger partial charge in [-0.05, 0) is 160 Å². The summed E-state index contributed by atoms with van der Waals surface area (Å²) in [5, 5.41) is 2.55. The van der Waals surface area contributed by atoms with Crippen LogP contribution in [0.2, 0.25) is 0 Å². The van der Waals surface area contributed by atoms with Crippen LogP contribution in [0.1, 0.15) is 88.5 Å². The van der Waals surface area contributed by atoms with Gasteiger partial charge >= 0.3 is 0 Å². The third kappa shape index (κ3) is 3.94. The summed E-state index contributed by atoms with van der Waals surface area (Å²) in [6.45, 7) is 9.79. The molecular weight excluding hydrogens is 671 g/mol. The van der Waals surface area contributed by atoms with Crippen LogP contribution in [0.15, 0.2) is 137 Å². The molecule has 0 radical (unpaired) electrons. The Morgan fingerprint density at radius 2 is 1.26 bits per heavy atom. The van der Waals surface area contributed by atoms with E-state index in [0.29, 0.717) is 5.41 Å². The first-order valence-corrected chi connectivity index (χ1v) is 21.5. The zero-order chi connectivity index (χ0) is 36.2. The van der Waals surface area contributed by atoms with Crippen LogP contribution in [0.4, 0.5) is 17.1 Å². The van der Waals surface area contributed by atoms with Crippen LogP contribution in [-0.4, -0.2) is 0 Å². The highest BCUT2D eigenvalue weighted by molar-refractivity contribution is 7.99. The van der Waals surface area contributed by atoms with Crippen LogP contribution in [-0.2, 0) is 16.2 Å². The van der Waals surface area contributed by atoms with Crippen molar-refractivity contribution >= 4 is 39.6 Å². The number of anilines is 3. The highest BCUT2D eigenvalue weighted by Crippen LogP contribution is 2.89. The van der Waals surface area contributed by atoms with Crippen molar-refractivity contribution in [2.75, 3.05) is 4.90 Å². The van der Waals surface area contributed by atoms with Gasteiger partial charge in [0.2, 0.25) is 0 Å². The third-order valence-electron chi connectivity index (χ3n) is 16.0. The number of benzene rings is 6. The summed E-state index contributed by atoms with van der Waals surface area (Å²) in [4.78, 5) is 5.57. The summed E-state index contributed by atoms with van der Waals surface area (Å²) in [5.41, 5.74) is 13.7. The topological polar surface area (TPSA) is 3.24 Å². The van der Waals surface area contributed by atoms with Crippen molar-refractivity contribution in [3.8, 4) is 11.1 Å². The van der Waals surface area contributed by atoms with E-state index in [-0.39, 0.29) is 16.2 Å². The largest absolute Gasteiger partial charge is 0.310 e. The molecule has 2 bridgehead atoms. The molecule has 12 rings (SSSR count). The minimum Gasteiger partial charge on any atom is -0.310 e. The maximum Gasteiger partial charge on any atom is 0.0540 e. The van der Waals surface area contributed by atoms with Gasteiger partial charge in [-0.1, -0.05) is 124 Å². The molecule has 2 spiro atoms. The van der Waals surface area contributed by atoms with E-state index in [0.717, 1.165) is 23.7 Å². The Morgan fingerprint density at radius 3 is 2.13 bits per heavy atom. The van der Waals surface area contributed by atoms with E-state index in [4.69, 9.17) is 0 Å². The molecule has 6 aromatic carbocycles. The SMILES string of the molecule is CC1(C)CCC(C)(C)c2c(N(c3ccc(-c4ccc5c(c4)C4(c6ccccc6S5)C5CC6CC7CC4C75C6)cc3)c3cccc4ccccc34)cccc21. The molecule has 54 heavy (non-hydrogen) atoms. The fourth-order valence-corrected chi connectivity index (χ4v) is 15.0. The molecule has 6 unspecified atom stereocenters. The first-order valence-electron chi connectivity index (χ1n) is 20.6. The molecule has 0 amide bonds. The Kier molecular flexibility index (Phi) is 6.36. The second-order valence-corrected chi connectivity index (χ2v) is 20.3. The van der Waals surface area contributed by atoms with Crippen molar-refractivity contribution < 1.29 is 0 Å². The van der Waals surface area contributed by atoms with Crippen LogP contribution in [0.25, 0.3) is 21.9 Å². The Morgan fingerprint density at radius 1 is 0.574 bits per heavy atom. The van der Waals surface area contributed by atoms with E-state index in [9.17, 15) is 0 Å². The lowest BCUT2D eigenvalue weighted by molar-refractivity contribution is -0.235. The van der Waals surface area contributed by atoms with Gasteiger partial charge in [0.1, 0.15) is 0 Å². The van der Waals surface area contributed by atoms with Gasteiger partial charge in [0.15, 0.2) is 0 Å². The summed E-state index contributed by atoms with van der Waals surface area (Å²) in [6, 6.07) is 49.3. The van der Waals surface area contributed by atoms with Crippen LogP contribution in [0.5, 0.6) is 0 Å². The van der Waals surface area contributed by atoms with Crippen LogP contribution < -0.4 is 4.90 Å². The standard InChI is InChI=1S/C52H49NS/c1-49(2)25-26-50(3,4)48-40(49)15-10-17-43(48)53(42-16-9-12-34-11-5-6-13-38(34)42)37-22-19-33(20-23-37)35-21-24-45-41(29-35)52(39-14-7-8-18-44(39)54-45)46-28-32-27-36-30-47(52)51(36,46)31-32/h5-24,29,32,36,46-47H,25-28,30-31H2,1-4H3.